The molecule has 0 aliphatic carbocycles. The van der Waals surface area contributed by atoms with Crippen LogP contribution >= 0.6 is 0 Å². The number of rotatable bonds is 15. The van der Waals surface area contributed by atoms with Gasteiger partial charge in [-0.3, -0.25) is 4.79 Å². The van der Waals surface area contributed by atoms with Crippen molar-refractivity contribution in [2.45, 2.75) is 110 Å². The van der Waals surface area contributed by atoms with Crippen molar-refractivity contribution >= 4 is 5.97 Å². The van der Waals surface area contributed by atoms with Gasteiger partial charge in [-0.25, -0.2) is 0 Å². The van der Waals surface area contributed by atoms with Crippen molar-refractivity contribution in [3.8, 4) is 0 Å². The van der Waals surface area contributed by atoms with Crippen LogP contribution in [0, 0.1) is 0 Å². The van der Waals surface area contributed by atoms with Crippen LogP contribution in [0.15, 0.2) is 0 Å². The van der Waals surface area contributed by atoms with E-state index in [4.69, 9.17) is 4.74 Å². The average molecular weight is 300 g/mol. The van der Waals surface area contributed by atoms with E-state index in [1.54, 1.807) is 0 Å². The molecule has 21 heavy (non-hydrogen) atoms. The molecular weight excluding hydrogens is 264 g/mol. The van der Waals surface area contributed by atoms with Crippen molar-refractivity contribution in [2.75, 3.05) is 0 Å². The molecule has 0 rings (SSSR count). The van der Waals surface area contributed by atoms with Crippen LogP contribution in [0.2, 0.25) is 0 Å². The van der Waals surface area contributed by atoms with Crippen LogP contribution in [0.25, 0.3) is 0 Å². The lowest BCUT2D eigenvalue weighted by Crippen LogP contribution is -2.17. The van der Waals surface area contributed by atoms with Crippen LogP contribution in [0.1, 0.15) is 104 Å². The number of hydrogen-bond donors (Lipinski definition) is 1. The summed E-state index contributed by atoms with van der Waals surface area (Å²) in [4.78, 5) is 11.5. The Morgan fingerprint density at radius 3 is 1.86 bits per heavy atom. The fraction of sp³-hybridized carbons (Fsp3) is 0.944. The Morgan fingerprint density at radius 2 is 1.29 bits per heavy atom. The predicted octanol–water partition coefficient (Wildman–Crippen LogP) is 5.35. The van der Waals surface area contributed by atoms with Gasteiger partial charge in [-0.05, 0) is 12.8 Å². The lowest BCUT2D eigenvalue weighted by Gasteiger charge is -2.12. The molecule has 0 radical (unpaired) electrons. The van der Waals surface area contributed by atoms with Gasteiger partial charge in [-0.1, -0.05) is 78.1 Å². The second-order valence-electron chi connectivity index (χ2n) is 6.02. The molecule has 0 aromatic heterocycles. The van der Waals surface area contributed by atoms with E-state index in [1.165, 1.54) is 51.4 Å². The van der Waals surface area contributed by atoms with Gasteiger partial charge in [0, 0.05) is 12.8 Å². The molecule has 1 unspecified atom stereocenters. The average Bonchev–Trinajstić information content (AvgIpc) is 2.46. The van der Waals surface area contributed by atoms with E-state index in [0.717, 1.165) is 25.7 Å². The third-order valence-electron chi connectivity index (χ3n) is 3.81. The van der Waals surface area contributed by atoms with Gasteiger partial charge in [0.2, 0.25) is 6.29 Å². The summed E-state index contributed by atoms with van der Waals surface area (Å²) in [5, 5.41) is 9.66. The molecule has 1 N–H and O–H groups in total. The van der Waals surface area contributed by atoms with Crippen molar-refractivity contribution in [1.82, 2.24) is 0 Å². The summed E-state index contributed by atoms with van der Waals surface area (Å²) in [5.41, 5.74) is 0. The zero-order valence-electron chi connectivity index (χ0n) is 14.2. The molecule has 0 aromatic rings. The standard InChI is InChI=1S/C18H36O3/c1-3-5-7-9-10-12-14-16-18(20)21-17(19)15-13-11-8-6-4-2/h18,20H,3-16H2,1-2H3. The number of esters is 1. The lowest BCUT2D eigenvalue weighted by molar-refractivity contribution is -0.168. The van der Waals surface area contributed by atoms with Gasteiger partial charge in [0.15, 0.2) is 0 Å². The Balaban J connectivity index is 3.35. The molecule has 0 aliphatic rings. The van der Waals surface area contributed by atoms with Crippen LogP contribution in [0.4, 0.5) is 0 Å². The molecular formula is C18H36O3. The topological polar surface area (TPSA) is 46.5 Å². The minimum absolute atomic E-state index is 0.248. The summed E-state index contributed by atoms with van der Waals surface area (Å²) in [7, 11) is 0. The van der Waals surface area contributed by atoms with Gasteiger partial charge < -0.3 is 9.84 Å². The Kier molecular flexibility index (Phi) is 15.4. The van der Waals surface area contributed by atoms with E-state index in [-0.39, 0.29) is 5.97 Å². The first kappa shape index (κ1) is 20.4. The molecule has 126 valence electrons. The number of carbonyl (C=O) groups excluding carboxylic acids is 1. The normalized spacial score (nSPS) is 12.3. The van der Waals surface area contributed by atoms with Crippen molar-refractivity contribution in [2.24, 2.45) is 0 Å². The molecule has 3 heteroatoms. The molecule has 0 bridgehead atoms. The predicted molar refractivity (Wildman–Crippen MR) is 88.1 cm³/mol. The highest BCUT2D eigenvalue weighted by Gasteiger charge is 2.10. The molecule has 0 spiro atoms. The number of hydrogen-bond acceptors (Lipinski definition) is 3. The van der Waals surface area contributed by atoms with Gasteiger partial charge in [-0.15, -0.1) is 0 Å². The van der Waals surface area contributed by atoms with Gasteiger partial charge in [0.1, 0.15) is 0 Å². The largest absolute Gasteiger partial charge is 0.436 e. The SMILES string of the molecule is CCCCCCCCCC(O)OC(=O)CCCCCCC. The molecule has 3 nitrogen and oxygen atoms in total. The van der Waals surface area contributed by atoms with Gasteiger partial charge in [-0.2, -0.15) is 0 Å². The van der Waals surface area contributed by atoms with Crippen molar-refractivity contribution in [1.29, 1.82) is 0 Å². The second kappa shape index (κ2) is 15.8. The minimum Gasteiger partial charge on any atom is -0.436 e. The first-order valence-electron chi connectivity index (χ1n) is 9.08. The molecule has 0 amide bonds. The van der Waals surface area contributed by atoms with Crippen LogP contribution in [-0.2, 0) is 9.53 Å². The Morgan fingerprint density at radius 1 is 0.810 bits per heavy atom. The van der Waals surface area contributed by atoms with Crippen molar-refractivity contribution in [3.63, 3.8) is 0 Å². The van der Waals surface area contributed by atoms with E-state index in [2.05, 4.69) is 13.8 Å². The smallest absolute Gasteiger partial charge is 0.308 e. The van der Waals surface area contributed by atoms with Crippen LogP contribution in [0.5, 0.6) is 0 Å². The quantitative estimate of drug-likeness (QED) is 0.252. The van der Waals surface area contributed by atoms with Gasteiger partial charge in [0.25, 0.3) is 0 Å². The highest BCUT2D eigenvalue weighted by molar-refractivity contribution is 5.69. The first-order chi connectivity index (χ1) is 10.2. The molecule has 0 aliphatic heterocycles. The fourth-order valence-electron chi connectivity index (χ4n) is 2.42. The molecule has 1 atom stereocenters. The van der Waals surface area contributed by atoms with Gasteiger partial charge >= 0.3 is 5.97 Å². The molecule has 0 aromatic carbocycles. The van der Waals surface area contributed by atoms with E-state index in [9.17, 15) is 9.90 Å². The number of unbranched alkanes of at least 4 members (excludes halogenated alkanes) is 10. The van der Waals surface area contributed by atoms with E-state index >= 15 is 0 Å². The molecule has 0 heterocycles. The lowest BCUT2D eigenvalue weighted by atomic mass is 10.1. The molecule has 0 fully saturated rings. The Hall–Kier alpha value is -0.570. The molecule has 0 saturated carbocycles. The number of aliphatic hydroxyl groups excluding tert-OH is 1. The minimum atomic E-state index is -0.899. The fourth-order valence-corrected chi connectivity index (χ4v) is 2.42. The van der Waals surface area contributed by atoms with E-state index in [1.807, 2.05) is 0 Å². The third kappa shape index (κ3) is 15.6. The third-order valence-corrected chi connectivity index (χ3v) is 3.81. The number of aliphatic hydroxyl groups is 1. The zero-order chi connectivity index (χ0) is 15.8. The van der Waals surface area contributed by atoms with Crippen LogP contribution in [-0.4, -0.2) is 17.4 Å². The second-order valence-corrected chi connectivity index (χ2v) is 6.02. The first-order valence-corrected chi connectivity index (χ1v) is 9.08. The van der Waals surface area contributed by atoms with Crippen molar-refractivity contribution in [3.05, 3.63) is 0 Å². The Labute approximate surface area is 131 Å². The summed E-state index contributed by atoms with van der Waals surface area (Å²) < 4.78 is 5.02. The number of ether oxygens (including phenoxy) is 1. The maximum absolute atomic E-state index is 11.5. The van der Waals surface area contributed by atoms with Gasteiger partial charge in [0.05, 0.1) is 0 Å². The van der Waals surface area contributed by atoms with Crippen LogP contribution in [0.3, 0.4) is 0 Å². The number of carbonyl (C=O) groups is 1. The van der Waals surface area contributed by atoms with Crippen molar-refractivity contribution < 1.29 is 14.6 Å². The van der Waals surface area contributed by atoms with E-state index in [0.29, 0.717) is 12.8 Å². The molecule has 0 saturated heterocycles. The van der Waals surface area contributed by atoms with E-state index < -0.39 is 6.29 Å². The maximum atomic E-state index is 11.5. The monoisotopic (exact) mass is 300 g/mol. The summed E-state index contributed by atoms with van der Waals surface area (Å²) >= 11 is 0. The highest BCUT2D eigenvalue weighted by atomic mass is 16.6. The summed E-state index contributed by atoms with van der Waals surface area (Å²) in [6.45, 7) is 4.39. The maximum Gasteiger partial charge on any atom is 0.308 e. The van der Waals surface area contributed by atoms with Crippen LogP contribution < -0.4 is 0 Å². The summed E-state index contributed by atoms with van der Waals surface area (Å²) in [6, 6.07) is 0. The zero-order valence-corrected chi connectivity index (χ0v) is 14.2. The summed E-state index contributed by atoms with van der Waals surface area (Å²) in [5.74, 6) is -0.248. The summed E-state index contributed by atoms with van der Waals surface area (Å²) in [6.07, 6.45) is 14.2. The highest BCUT2D eigenvalue weighted by Crippen LogP contribution is 2.11. The Bertz CT molecular complexity index is 229.